The SMILES string of the molecule is C[C@@H](CC[C@@H](N)Cc1cc(F)cc(F)c1)C(=O)O. The Kier molecular flexibility index (Phi) is 5.22. The zero-order chi connectivity index (χ0) is 13.7. The van der Waals surface area contributed by atoms with Crippen molar-refractivity contribution in [1.29, 1.82) is 0 Å². The fourth-order valence-electron chi connectivity index (χ4n) is 1.72. The summed E-state index contributed by atoms with van der Waals surface area (Å²) >= 11 is 0. The minimum atomic E-state index is -0.862. The third-order valence-electron chi connectivity index (χ3n) is 2.81. The molecule has 18 heavy (non-hydrogen) atoms. The highest BCUT2D eigenvalue weighted by Crippen LogP contribution is 2.13. The van der Waals surface area contributed by atoms with Crippen molar-refractivity contribution in [2.24, 2.45) is 11.7 Å². The van der Waals surface area contributed by atoms with E-state index in [1.807, 2.05) is 0 Å². The monoisotopic (exact) mass is 257 g/mol. The van der Waals surface area contributed by atoms with Gasteiger partial charge in [-0.05, 0) is 37.0 Å². The number of halogens is 2. The molecule has 1 aromatic rings. The number of carboxylic acid groups (broad SMARTS) is 1. The molecule has 0 aliphatic carbocycles. The Hall–Kier alpha value is -1.49. The quantitative estimate of drug-likeness (QED) is 0.822. The second-order valence-electron chi connectivity index (χ2n) is 4.56. The van der Waals surface area contributed by atoms with Crippen molar-refractivity contribution in [3.05, 3.63) is 35.4 Å². The van der Waals surface area contributed by atoms with E-state index in [2.05, 4.69) is 0 Å². The molecule has 0 fully saturated rings. The number of benzene rings is 1. The third kappa shape index (κ3) is 4.79. The number of rotatable bonds is 6. The normalized spacial score (nSPS) is 14.2. The van der Waals surface area contributed by atoms with Crippen molar-refractivity contribution in [3.8, 4) is 0 Å². The van der Waals surface area contributed by atoms with E-state index in [0.717, 1.165) is 6.07 Å². The predicted molar refractivity (Wildman–Crippen MR) is 64.1 cm³/mol. The highest BCUT2D eigenvalue weighted by atomic mass is 19.1. The minimum Gasteiger partial charge on any atom is -0.481 e. The molecule has 5 heteroatoms. The molecule has 2 atom stereocenters. The lowest BCUT2D eigenvalue weighted by atomic mass is 9.97. The number of aliphatic carboxylic acids is 1. The van der Waals surface area contributed by atoms with Crippen LogP contribution in [-0.2, 0) is 11.2 Å². The molecular weight excluding hydrogens is 240 g/mol. The van der Waals surface area contributed by atoms with Crippen molar-refractivity contribution in [3.63, 3.8) is 0 Å². The molecule has 0 aliphatic heterocycles. The van der Waals surface area contributed by atoms with Gasteiger partial charge < -0.3 is 10.8 Å². The Labute approximate surface area is 105 Å². The van der Waals surface area contributed by atoms with Crippen LogP contribution in [0.3, 0.4) is 0 Å². The molecule has 0 amide bonds. The van der Waals surface area contributed by atoms with Crippen LogP contribution >= 0.6 is 0 Å². The smallest absolute Gasteiger partial charge is 0.306 e. The lowest BCUT2D eigenvalue weighted by Gasteiger charge is -2.13. The molecule has 1 rings (SSSR count). The Morgan fingerprint density at radius 2 is 1.83 bits per heavy atom. The summed E-state index contributed by atoms with van der Waals surface area (Å²) in [6.07, 6.45) is 1.29. The van der Waals surface area contributed by atoms with E-state index >= 15 is 0 Å². The third-order valence-corrected chi connectivity index (χ3v) is 2.81. The van der Waals surface area contributed by atoms with Crippen molar-refractivity contribution < 1.29 is 18.7 Å². The van der Waals surface area contributed by atoms with Gasteiger partial charge in [0, 0.05) is 12.1 Å². The Bertz CT molecular complexity index is 403. The lowest BCUT2D eigenvalue weighted by Crippen LogP contribution is -2.24. The van der Waals surface area contributed by atoms with Gasteiger partial charge in [0.1, 0.15) is 11.6 Å². The Balaban J connectivity index is 2.49. The van der Waals surface area contributed by atoms with Gasteiger partial charge in [0.05, 0.1) is 5.92 Å². The molecular formula is C13H17F2NO2. The first kappa shape index (κ1) is 14.6. The molecule has 0 unspecified atom stereocenters. The Morgan fingerprint density at radius 1 is 1.28 bits per heavy atom. The van der Waals surface area contributed by atoms with Crippen molar-refractivity contribution in [1.82, 2.24) is 0 Å². The second kappa shape index (κ2) is 6.44. The van der Waals surface area contributed by atoms with Gasteiger partial charge in [0.2, 0.25) is 0 Å². The topological polar surface area (TPSA) is 63.3 Å². The fourth-order valence-corrected chi connectivity index (χ4v) is 1.72. The maximum absolute atomic E-state index is 12.9. The summed E-state index contributed by atoms with van der Waals surface area (Å²) in [6.45, 7) is 1.61. The van der Waals surface area contributed by atoms with Crippen molar-refractivity contribution >= 4 is 5.97 Å². The number of hydrogen-bond donors (Lipinski definition) is 2. The molecule has 3 nitrogen and oxygen atoms in total. The summed E-state index contributed by atoms with van der Waals surface area (Å²) in [4.78, 5) is 10.6. The van der Waals surface area contributed by atoms with E-state index in [4.69, 9.17) is 10.8 Å². The van der Waals surface area contributed by atoms with Crippen molar-refractivity contribution in [2.75, 3.05) is 0 Å². The van der Waals surface area contributed by atoms with Crippen LogP contribution in [0, 0.1) is 17.6 Å². The first-order valence-electron chi connectivity index (χ1n) is 5.82. The van der Waals surface area contributed by atoms with Gasteiger partial charge in [-0.15, -0.1) is 0 Å². The van der Waals surface area contributed by atoms with Crippen LogP contribution in [-0.4, -0.2) is 17.1 Å². The first-order valence-corrected chi connectivity index (χ1v) is 5.82. The summed E-state index contributed by atoms with van der Waals surface area (Å²) in [5, 5.41) is 8.72. The molecule has 0 aromatic heterocycles. The van der Waals surface area contributed by atoms with Crippen LogP contribution < -0.4 is 5.73 Å². The number of carboxylic acids is 1. The number of hydrogen-bond acceptors (Lipinski definition) is 2. The van der Waals surface area contributed by atoms with Crippen LogP contribution in [0.1, 0.15) is 25.3 Å². The zero-order valence-corrected chi connectivity index (χ0v) is 10.2. The minimum absolute atomic E-state index is 0.298. The predicted octanol–water partition coefficient (Wildman–Crippen LogP) is 2.34. The fraction of sp³-hybridized carbons (Fsp3) is 0.462. The average molecular weight is 257 g/mol. The standard InChI is InChI=1S/C13H17F2NO2/c1-8(13(17)18)2-3-12(16)6-9-4-10(14)7-11(15)5-9/h4-5,7-8,12H,2-3,6,16H2,1H3,(H,17,18)/t8-,12+/m0/s1. The van der Waals surface area contributed by atoms with Crippen LogP contribution in [0.25, 0.3) is 0 Å². The largest absolute Gasteiger partial charge is 0.481 e. The van der Waals surface area contributed by atoms with E-state index in [1.54, 1.807) is 6.92 Å². The lowest BCUT2D eigenvalue weighted by molar-refractivity contribution is -0.141. The van der Waals surface area contributed by atoms with E-state index in [9.17, 15) is 13.6 Å². The summed E-state index contributed by atoms with van der Waals surface area (Å²) in [5.41, 5.74) is 6.31. The molecule has 100 valence electrons. The zero-order valence-electron chi connectivity index (χ0n) is 10.2. The Morgan fingerprint density at radius 3 is 2.33 bits per heavy atom. The highest BCUT2D eigenvalue weighted by molar-refractivity contribution is 5.69. The summed E-state index contributed by atoms with van der Waals surface area (Å²) in [5.74, 6) is -2.58. The molecule has 1 aromatic carbocycles. The van der Waals surface area contributed by atoms with Crippen LogP contribution in [0.15, 0.2) is 18.2 Å². The maximum Gasteiger partial charge on any atom is 0.306 e. The molecule has 0 aliphatic rings. The number of carbonyl (C=O) groups is 1. The number of nitrogens with two attached hydrogens (primary N) is 1. The molecule has 0 heterocycles. The van der Waals surface area contributed by atoms with E-state index < -0.39 is 23.5 Å². The highest BCUT2D eigenvalue weighted by Gasteiger charge is 2.13. The van der Waals surface area contributed by atoms with Gasteiger partial charge in [-0.2, -0.15) is 0 Å². The second-order valence-corrected chi connectivity index (χ2v) is 4.56. The van der Waals surface area contributed by atoms with E-state index in [-0.39, 0.29) is 6.04 Å². The summed E-state index contributed by atoms with van der Waals surface area (Å²) in [6, 6.07) is 2.99. The van der Waals surface area contributed by atoms with Crippen LogP contribution in [0.4, 0.5) is 8.78 Å². The summed E-state index contributed by atoms with van der Waals surface area (Å²) < 4.78 is 25.9. The van der Waals surface area contributed by atoms with Gasteiger partial charge in [-0.1, -0.05) is 6.92 Å². The van der Waals surface area contributed by atoms with Crippen LogP contribution in [0.5, 0.6) is 0 Å². The van der Waals surface area contributed by atoms with E-state index in [1.165, 1.54) is 12.1 Å². The van der Waals surface area contributed by atoms with Gasteiger partial charge in [0.15, 0.2) is 0 Å². The summed E-state index contributed by atoms with van der Waals surface area (Å²) in [7, 11) is 0. The van der Waals surface area contributed by atoms with Gasteiger partial charge in [-0.3, -0.25) is 4.79 Å². The molecule has 0 spiro atoms. The molecule has 0 radical (unpaired) electrons. The first-order chi connectivity index (χ1) is 8.38. The average Bonchev–Trinajstić information content (AvgIpc) is 2.24. The molecule has 3 N–H and O–H groups in total. The van der Waals surface area contributed by atoms with Gasteiger partial charge in [-0.25, -0.2) is 8.78 Å². The van der Waals surface area contributed by atoms with Gasteiger partial charge >= 0.3 is 5.97 Å². The van der Waals surface area contributed by atoms with E-state index in [0.29, 0.717) is 24.8 Å². The van der Waals surface area contributed by atoms with Crippen LogP contribution in [0.2, 0.25) is 0 Å². The molecule has 0 saturated carbocycles. The maximum atomic E-state index is 12.9. The molecule has 0 saturated heterocycles. The molecule has 0 bridgehead atoms. The van der Waals surface area contributed by atoms with Gasteiger partial charge in [0.25, 0.3) is 0 Å². The van der Waals surface area contributed by atoms with Crippen molar-refractivity contribution in [2.45, 2.75) is 32.2 Å².